The second kappa shape index (κ2) is 6.98. The Morgan fingerprint density at radius 2 is 1.89 bits per heavy atom. The van der Waals surface area contributed by atoms with Gasteiger partial charge in [-0.15, -0.1) is 0 Å². The summed E-state index contributed by atoms with van der Waals surface area (Å²) in [5.41, 5.74) is 0.483. The maximum Gasteiger partial charge on any atom is 0.240 e. The van der Waals surface area contributed by atoms with Gasteiger partial charge in [-0.1, -0.05) is 23.2 Å². The SMILES string of the molecule is CC(=O)NCC(=O)N[C@@H](C#N)c1cc(Cl)cc(Cl)c1. The van der Waals surface area contributed by atoms with Crippen molar-refractivity contribution in [3.8, 4) is 6.07 Å². The van der Waals surface area contributed by atoms with Gasteiger partial charge in [-0.2, -0.15) is 5.26 Å². The molecule has 0 spiro atoms. The largest absolute Gasteiger partial charge is 0.347 e. The zero-order valence-electron chi connectivity index (χ0n) is 10.0. The van der Waals surface area contributed by atoms with Gasteiger partial charge in [0.15, 0.2) is 0 Å². The second-order valence-corrected chi connectivity index (χ2v) is 4.62. The van der Waals surface area contributed by atoms with E-state index in [2.05, 4.69) is 10.6 Å². The first-order valence-electron chi connectivity index (χ1n) is 5.32. The van der Waals surface area contributed by atoms with Crippen LogP contribution in [0.3, 0.4) is 0 Å². The molecule has 0 heterocycles. The van der Waals surface area contributed by atoms with Crippen molar-refractivity contribution < 1.29 is 9.59 Å². The summed E-state index contributed by atoms with van der Waals surface area (Å²) in [7, 11) is 0. The molecule has 0 radical (unpaired) electrons. The maximum atomic E-state index is 11.5. The topological polar surface area (TPSA) is 82.0 Å². The highest BCUT2D eigenvalue weighted by atomic mass is 35.5. The van der Waals surface area contributed by atoms with Crippen LogP contribution in [0.4, 0.5) is 0 Å². The number of rotatable bonds is 4. The molecule has 0 bridgehead atoms. The molecule has 2 amide bonds. The minimum Gasteiger partial charge on any atom is -0.347 e. The van der Waals surface area contributed by atoms with Gasteiger partial charge in [-0.05, 0) is 23.8 Å². The number of amides is 2. The predicted molar refractivity (Wildman–Crippen MR) is 71.6 cm³/mol. The number of hydrogen-bond donors (Lipinski definition) is 2. The number of halogens is 2. The third kappa shape index (κ3) is 5.16. The third-order valence-electron chi connectivity index (χ3n) is 2.15. The Morgan fingerprint density at radius 3 is 2.37 bits per heavy atom. The van der Waals surface area contributed by atoms with Crippen LogP contribution in [-0.4, -0.2) is 18.4 Å². The van der Waals surface area contributed by atoms with Crippen LogP contribution in [0.1, 0.15) is 18.5 Å². The standard InChI is InChI=1S/C12H11Cl2N3O2/c1-7(18)16-6-12(19)17-11(5-15)8-2-9(13)4-10(14)3-8/h2-4,11H,6H2,1H3,(H,16,18)(H,17,19)/t11-/m0/s1. The summed E-state index contributed by atoms with van der Waals surface area (Å²) in [6, 6.07) is 5.66. The average molecular weight is 300 g/mol. The number of nitrogens with one attached hydrogen (secondary N) is 2. The van der Waals surface area contributed by atoms with E-state index in [9.17, 15) is 9.59 Å². The van der Waals surface area contributed by atoms with Gasteiger partial charge >= 0.3 is 0 Å². The van der Waals surface area contributed by atoms with Gasteiger partial charge in [-0.25, -0.2) is 0 Å². The lowest BCUT2D eigenvalue weighted by molar-refractivity contribution is -0.125. The summed E-state index contributed by atoms with van der Waals surface area (Å²) in [6.07, 6.45) is 0. The summed E-state index contributed by atoms with van der Waals surface area (Å²) >= 11 is 11.7. The van der Waals surface area contributed by atoms with Crippen molar-refractivity contribution in [1.29, 1.82) is 5.26 Å². The molecule has 1 aromatic rings. The van der Waals surface area contributed by atoms with Gasteiger partial charge < -0.3 is 10.6 Å². The van der Waals surface area contributed by atoms with Crippen LogP contribution in [0.2, 0.25) is 10.0 Å². The fourth-order valence-corrected chi connectivity index (χ4v) is 1.89. The number of hydrogen-bond acceptors (Lipinski definition) is 3. The van der Waals surface area contributed by atoms with Crippen LogP contribution in [0.15, 0.2) is 18.2 Å². The van der Waals surface area contributed by atoms with Crippen molar-refractivity contribution in [2.24, 2.45) is 0 Å². The molecule has 0 aliphatic heterocycles. The van der Waals surface area contributed by atoms with E-state index in [0.717, 1.165) is 0 Å². The van der Waals surface area contributed by atoms with Gasteiger partial charge in [0.05, 0.1) is 12.6 Å². The van der Waals surface area contributed by atoms with E-state index in [4.69, 9.17) is 28.5 Å². The van der Waals surface area contributed by atoms with Gasteiger partial charge in [0, 0.05) is 17.0 Å². The van der Waals surface area contributed by atoms with E-state index in [1.807, 2.05) is 6.07 Å². The Bertz CT molecular complexity index is 520. The van der Waals surface area contributed by atoms with Crippen molar-refractivity contribution in [1.82, 2.24) is 10.6 Å². The van der Waals surface area contributed by atoms with Crippen molar-refractivity contribution in [2.75, 3.05) is 6.54 Å². The first-order chi connectivity index (χ1) is 8.92. The quantitative estimate of drug-likeness (QED) is 0.889. The maximum absolute atomic E-state index is 11.5. The summed E-state index contributed by atoms with van der Waals surface area (Å²) < 4.78 is 0. The van der Waals surface area contributed by atoms with Gasteiger partial charge in [-0.3, -0.25) is 9.59 Å². The first-order valence-corrected chi connectivity index (χ1v) is 6.07. The Morgan fingerprint density at radius 1 is 1.32 bits per heavy atom. The Labute approximate surface area is 120 Å². The summed E-state index contributed by atoms with van der Waals surface area (Å²) in [5.74, 6) is -0.799. The number of nitrogens with zero attached hydrogens (tertiary/aromatic N) is 1. The smallest absolute Gasteiger partial charge is 0.240 e. The first kappa shape index (κ1) is 15.3. The molecule has 0 aliphatic rings. The molecule has 0 unspecified atom stereocenters. The number of carbonyl (C=O) groups is 2. The minimum atomic E-state index is -0.877. The molecule has 0 aliphatic carbocycles. The molecule has 0 fully saturated rings. The fraction of sp³-hybridized carbons (Fsp3) is 0.250. The summed E-state index contributed by atoms with van der Waals surface area (Å²) in [6.45, 7) is 1.10. The second-order valence-electron chi connectivity index (χ2n) is 3.74. The number of carbonyl (C=O) groups excluding carboxylic acids is 2. The zero-order chi connectivity index (χ0) is 14.4. The molecule has 5 nitrogen and oxygen atoms in total. The van der Waals surface area contributed by atoms with E-state index in [0.29, 0.717) is 15.6 Å². The van der Waals surface area contributed by atoms with Crippen LogP contribution in [0.25, 0.3) is 0 Å². The molecule has 1 atom stereocenters. The van der Waals surface area contributed by atoms with E-state index in [-0.39, 0.29) is 12.5 Å². The molecular formula is C12H11Cl2N3O2. The van der Waals surface area contributed by atoms with Crippen LogP contribution < -0.4 is 10.6 Å². The molecule has 7 heteroatoms. The predicted octanol–water partition coefficient (Wildman–Crippen LogP) is 1.81. The van der Waals surface area contributed by atoms with E-state index < -0.39 is 11.9 Å². The monoisotopic (exact) mass is 299 g/mol. The van der Waals surface area contributed by atoms with E-state index >= 15 is 0 Å². The molecule has 2 N–H and O–H groups in total. The molecular weight excluding hydrogens is 289 g/mol. The molecule has 0 saturated carbocycles. The van der Waals surface area contributed by atoms with Gasteiger partial charge in [0.1, 0.15) is 6.04 Å². The Hall–Kier alpha value is -1.77. The third-order valence-corrected chi connectivity index (χ3v) is 2.59. The highest BCUT2D eigenvalue weighted by Crippen LogP contribution is 2.23. The lowest BCUT2D eigenvalue weighted by Gasteiger charge is -2.13. The molecule has 1 aromatic carbocycles. The minimum absolute atomic E-state index is 0.193. The summed E-state index contributed by atoms with van der Waals surface area (Å²) in [5, 5.41) is 14.6. The molecule has 0 saturated heterocycles. The molecule has 1 rings (SSSR count). The van der Waals surface area contributed by atoms with Crippen molar-refractivity contribution in [3.05, 3.63) is 33.8 Å². The van der Waals surface area contributed by atoms with Crippen LogP contribution in [0.5, 0.6) is 0 Å². The number of nitriles is 1. The lowest BCUT2D eigenvalue weighted by Crippen LogP contribution is -2.37. The Balaban J connectivity index is 2.76. The fourth-order valence-electron chi connectivity index (χ4n) is 1.35. The lowest BCUT2D eigenvalue weighted by atomic mass is 10.1. The van der Waals surface area contributed by atoms with Crippen molar-refractivity contribution in [3.63, 3.8) is 0 Å². The van der Waals surface area contributed by atoms with Gasteiger partial charge in [0.25, 0.3) is 0 Å². The van der Waals surface area contributed by atoms with E-state index in [1.54, 1.807) is 12.1 Å². The molecule has 19 heavy (non-hydrogen) atoms. The van der Waals surface area contributed by atoms with Crippen LogP contribution >= 0.6 is 23.2 Å². The zero-order valence-corrected chi connectivity index (χ0v) is 11.5. The van der Waals surface area contributed by atoms with Gasteiger partial charge in [0.2, 0.25) is 11.8 Å². The Kier molecular flexibility index (Phi) is 5.61. The van der Waals surface area contributed by atoms with Crippen LogP contribution in [0, 0.1) is 11.3 Å². The van der Waals surface area contributed by atoms with E-state index in [1.165, 1.54) is 13.0 Å². The highest BCUT2D eigenvalue weighted by molar-refractivity contribution is 6.34. The van der Waals surface area contributed by atoms with Crippen molar-refractivity contribution >= 4 is 35.0 Å². The average Bonchev–Trinajstić information content (AvgIpc) is 2.32. The normalized spacial score (nSPS) is 11.3. The molecule has 100 valence electrons. The molecule has 0 aromatic heterocycles. The summed E-state index contributed by atoms with van der Waals surface area (Å²) in [4.78, 5) is 22.2. The number of benzene rings is 1. The highest BCUT2D eigenvalue weighted by Gasteiger charge is 2.15. The van der Waals surface area contributed by atoms with Crippen molar-refractivity contribution in [2.45, 2.75) is 13.0 Å². The van der Waals surface area contributed by atoms with Crippen LogP contribution in [-0.2, 0) is 9.59 Å².